The van der Waals surface area contributed by atoms with E-state index in [0.29, 0.717) is 5.56 Å². The number of carbonyl (C=O) groups is 1. The van der Waals surface area contributed by atoms with E-state index in [2.05, 4.69) is 13.0 Å². The number of amides is 1. The van der Waals surface area contributed by atoms with Crippen LogP contribution in [0, 0.1) is 6.07 Å². The monoisotopic (exact) mass is 190 g/mol. The Morgan fingerprint density at radius 1 is 1.50 bits per heavy atom. The lowest BCUT2D eigenvalue weighted by Crippen LogP contribution is -2.27. The molecule has 75 valence electrons. The number of benzene rings is 1. The van der Waals surface area contributed by atoms with E-state index in [1.54, 1.807) is 17.0 Å². The number of carbonyl (C=O) groups excluding carboxylic acids is 1. The predicted molar refractivity (Wildman–Crippen MR) is 57.1 cm³/mol. The van der Waals surface area contributed by atoms with Crippen LogP contribution in [0.15, 0.2) is 24.3 Å². The summed E-state index contributed by atoms with van der Waals surface area (Å²) in [6.45, 7) is 2.94. The number of hydrogen-bond acceptors (Lipinski definition) is 1. The molecule has 1 aromatic rings. The number of unbranched alkanes of at least 4 members (excludes halogenated alkanes) is 1. The quantitative estimate of drug-likeness (QED) is 0.713. The molecule has 2 nitrogen and oxygen atoms in total. The van der Waals surface area contributed by atoms with Gasteiger partial charge < -0.3 is 4.90 Å². The lowest BCUT2D eigenvalue weighted by molar-refractivity contribution is 0.0793. The van der Waals surface area contributed by atoms with Crippen LogP contribution in [0.5, 0.6) is 0 Å². The van der Waals surface area contributed by atoms with Gasteiger partial charge in [-0.05, 0) is 18.6 Å². The van der Waals surface area contributed by atoms with Crippen molar-refractivity contribution in [3.05, 3.63) is 35.9 Å². The van der Waals surface area contributed by atoms with Crippen LogP contribution in [-0.4, -0.2) is 24.4 Å². The Balaban J connectivity index is 2.57. The molecule has 0 unspecified atom stereocenters. The molecule has 0 fully saturated rings. The van der Waals surface area contributed by atoms with Gasteiger partial charge in [-0.1, -0.05) is 31.5 Å². The summed E-state index contributed by atoms with van der Waals surface area (Å²) in [5.41, 5.74) is 0.645. The van der Waals surface area contributed by atoms with Crippen LogP contribution in [0.4, 0.5) is 0 Å². The SMILES string of the molecule is CCCCN(C)C(=O)c1[c]cccc1. The van der Waals surface area contributed by atoms with E-state index in [0.717, 1.165) is 19.4 Å². The topological polar surface area (TPSA) is 20.3 Å². The fraction of sp³-hybridized carbons (Fsp3) is 0.417. The first kappa shape index (κ1) is 10.8. The van der Waals surface area contributed by atoms with Crippen LogP contribution in [0.3, 0.4) is 0 Å². The normalized spacial score (nSPS) is 9.86. The van der Waals surface area contributed by atoms with Gasteiger partial charge in [0, 0.05) is 19.2 Å². The maximum Gasteiger partial charge on any atom is 0.254 e. The Kier molecular flexibility index (Phi) is 4.17. The minimum Gasteiger partial charge on any atom is -0.342 e. The van der Waals surface area contributed by atoms with Crippen molar-refractivity contribution in [2.45, 2.75) is 19.8 Å². The summed E-state index contributed by atoms with van der Waals surface area (Å²) >= 11 is 0. The van der Waals surface area contributed by atoms with Gasteiger partial charge in [-0.2, -0.15) is 0 Å². The summed E-state index contributed by atoms with van der Waals surface area (Å²) in [5.74, 6) is 0.0547. The van der Waals surface area contributed by atoms with Crippen molar-refractivity contribution in [3.63, 3.8) is 0 Å². The highest BCUT2D eigenvalue weighted by Gasteiger charge is 2.09. The standard InChI is InChI=1S/C12H16NO/c1-3-4-10-13(2)12(14)11-8-6-5-7-9-11/h5-8H,3-4,10H2,1-2H3. The molecule has 14 heavy (non-hydrogen) atoms. The van der Waals surface area contributed by atoms with Crippen molar-refractivity contribution in [1.29, 1.82) is 0 Å². The van der Waals surface area contributed by atoms with Crippen molar-refractivity contribution in [2.75, 3.05) is 13.6 Å². The van der Waals surface area contributed by atoms with Gasteiger partial charge in [0.15, 0.2) is 0 Å². The van der Waals surface area contributed by atoms with E-state index in [1.165, 1.54) is 0 Å². The van der Waals surface area contributed by atoms with E-state index >= 15 is 0 Å². The lowest BCUT2D eigenvalue weighted by Gasteiger charge is -2.16. The molecule has 1 radical (unpaired) electrons. The highest BCUT2D eigenvalue weighted by atomic mass is 16.2. The molecule has 0 saturated carbocycles. The highest BCUT2D eigenvalue weighted by molar-refractivity contribution is 5.93. The minimum absolute atomic E-state index is 0.0547. The van der Waals surface area contributed by atoms with Gasteiger partial charge in [-0.25, -0.2) is 0 Å². The summed E-state index contributed by atoms with van der Waals surface area (Å²) in [7, 11) is 1.83. The van der Waals surface area contributed by atoms with Gasteiger partial charge in [-0.3, -0.25) is 4.79 Å². The molecule has 2 heteroatoms. The zero-order valence-corrected chi connectivity index (χ0v) is 8.79. The summed E-state index contributed by atoms with van der Waals surface area (Å²) in [4.78, 5) is 13.5. The Labute approximate surface area is 85.5 Å². The predicted octanol–water partition coefficient (Wildman–Crippen LogP) is 2.36. The number of hydrogen-bond donors (Lipinski definition) is 0. The summed E-state index contributed by atoms with van der Waals surface area (Å²) in [6.07, 6.45) is 2.16. The second kappa shape index (κ2) is 5.43. The third-order valence-corrected chi connectivity index (χ3v) is 2.13. The van der Waals surface area contributed by atoms with Gasteiger partial charge in [0.05, 0.1) is 0 Å². The third-order valence-electron chi connectivity index (χ3n) is 2.13. The molecule has 0 atom stereocenters. The Hall–Kier alpha value is -1.31. The first-order valence-corrected chi connectivity index (χ1v) is 4.98. The number of rotatable bonds is 4. The molecule has 0 aliphatic heterocycles. The second-order valence-corrected chi connectivity index (χ2v) is 3.36. The van der Waals surface area contributed by atoms with Crippen LogP contribution < -0.4 is 0 Å². The van der Waals surface area contributed by atoms with Crippen molar-refractivity contribution in [2.24, 2.45) is 0 Å². The zero-order chi connectivity index (χ0) is 10.4. The molecule has 1 rings (SSSR count). The van der Waals surface area contributed by atoms with Crippen LogP contribution in [-0.2, 0) is 0 Å². The van der Waals surface area contributed by atoms with Crippen LogP contribution in [0.2, 0.25) is 0 Å². The van der Waals surface area contributed by atoms with Gasteiger partial charge >= 0.3 is 0 Å². The van der Waals surface area contributed by atoms with E-state index in [4.69, 9.17) is 0 Å². The largest absolute Gasteiger partial charge is 0.342 e. The van der Waals surface area contributed by atoms with Crippen molar-refractivity contribution in [1.82, 2.24) is 4.90 Å². The molecule has 0 saturated heterocycles. The van der Waals surface area contributed by atoms with Crippen molar-refractivity contribution >= 4 is 5.91 Å². The summed E-state index contributed by atoms with van der Waals surface area (Å²) < 4.78 is 0. The summed E-state index contributed by atoms with van der Waals surface area (Å²) in [5, 5.41) is 0. The van der Waals surface area contributed by atoms with Crippen LogP contribution >= 0.6 is 0 Å². The zero-order valence-electron chi connectivity index (χ0n) is 8.79. The second-order valence-electron chi connectivity index (χ2n) is 3.36. The minimum atomic E-state index is 0.0547. The molecule has 0 heterocycles. The van der Waals surface area contributed by atoms with Crippen LogP contribution in [0.1, 0.15) is 30.1 Å². The average Bonchev–Trinajstić information content (AvgIpc) is 2.26. The molecule has 0 spiro atoms. The average molecular weight is 190 g/mol. The first-order valence-electron chi connectivity index (χ1n) is 4.98. The molecule has 1 amide bonds. The smallest absolute Gasteiger partial charge is 0.254 e. The Bertz CT molecular complexity index is 282. The van der Waals surface area contributed by atoms with Crippen LogP contribution in [0.25, 0.3) is 0 Å². The Morgan fingerprint density at radius 3 is 2.86 bits per heavy atom. The molecule has 0 N–H and O–H groups in total. The highest BCUT2D eigenvalue weighted by Crippen LogP contribution is 2.03. The maximum atomic E-state index is 11.7. The maximum absolute atomic E-state index is 11.7. The van der Waals surface area contributed by atoms with E-state index in [-0.39, 0.29) is 5.91 Å². The fourth-order valence-electron chi connectivity index (χ4n) is 1.23. The Morgan fingerprint density at radius 2 is 2.29 bits per heavy atom. The van der Waals surface area contributed by atoms with Crippen molar-refractivity contribution in [3.8, 4) is 0 Å². The molecule has 0 bridgehead atoms. The molecule has 0 aromatic heterocycles. The van der Waals surface area contributed by atoms with E-state index in [9.17, 15) is 4.79 Å². The summed E-state index contributed by atoms with van der Waals surface area (Å²) in [6, 6.07) is 10.2. The van der Waals surface area contributed by atoms with Crippen molar-refractivity contribution < 1.29 is 4.79 Å². The third kappa shape index (κ3) is 2.87. The van der Waals surface area contributed by atoms with Gasteiger partial charge in [0.25, 0.3) is 5.91 Å². The van der Waals surface area contributed by atoms with Gasteiger partial charge in [-0.15, -0.1) is 0 Å². The van der Waals surface area contributed by atoms with Gasteiger partial charge in [0.1, 0.15) is 0 Å². The molecule has 0 aliphatic carbocycles. The molecule has 1 aromatic carbocycles. The van der Waals surface area contributed by atoms with Gasteiger partial charge in [0.2, 0.25) is 0 Å². The fourth-order valence-corrected chi connectivity index (χ4v) is 1.23. The molecular weight excluding hydrogens is 174 g/mol. The van der Waals surface area contributed by atoms with E-state index in [1.807, 2.05) is 19.2 Å². The first-order chi connectivity index (χ1) is 6.75. The molecule has 0 aliphatic rings. The number of nitrogens with zero attached hydrogens (tertiary/aromatic N) is 1. The van der Waals surface area contributed by atoms with E-state index < -0.39 is 0 Å². The molecular formula is C12H16NO. The lowest BCUT2D eigenvalue weighted by atomic mass is 10.2.